The van der Waals surface area contributed by atoms with Gasteiger partial charge in [0.15, 0.2) is 21.6 Å². The summed E-state index contributed by atoms with van der Waals surface area (Å²) in [4.78, 5) is 32.5. The predicted molar refractivity (Wildman–Crippen MR) is 131 cm³/mol. The summed E-state index contributed by atoms with van der Waals surface area (Å²) < 4.78 is 31.5. The third-order valence-electron chi connectivity index (χ3n) is 6.73. The van der Waals surface area contributed by atoms with Gasteiger partial charge in [-0.05, 0) is 51.3 Å². The molecule has 0 bridgehead atoms. The Kier molecular flexibility index (Phi) is 5.86. The summed E-state index contributed by atoms with van der Waals surface area (Å²) in [7, 11) is -1.48. The molecule has 2 aromatic heterocycles. The van der Waals surface area contributed by atoms with Crippen LogP contribution in [-0.2, 0) is 19.4 Å². The summed E-state index contributed by atoms with van der Waals surface area (Å²) in [5.74, 6) is -0.589. The van der Waals surface area contributed by atoms with Crippen molar-refractivity contribution in [2.24, 2.45) is 0 Å². The molecule has 1 aliphatic carbocycles. The second-order valence-electron chi connectivity index (χ2n) is 9.43. The zero-order valence-corrected chi connectivity index (χ0v) is 20.8. The first kappa shape index (κ1) is 23.5. The van der Waals surface area contributed by atoms with Crippen LogP contribution in [0.4, 0.5) is 5.69 Å². The third kappa shape index (κ3) is 4.54. The number of aryl methyl sites for hydroxylation is 1. The normalized spacial score (nSPS) is 20.0. The molecule has 3 heterocycles. The molecule has 1 aromatic carbocycles. The molecule has 5 rings (SSSR count). The fraction of sp³-hybridized carbons (Fsp3) is 0.440. The Labute approximate surface area is 204 Å². The molecule has 0 N–H and O–H groups in total. The van der Waals surface area contributed by atoms with Crippen LogP contribution in [0.5, 0.6) is 0 Å². The van der Waals surface area contributed by atoms with E-state index >= 15 is 0 Å². The van der Waals surface area contributed by atoms with Crippen molar-refractivity contribution < 1.29 is 22.7 Å². The number of carbonyl (C=O) groups excluding carboxylic acids is 2. The Morgan fingerprint density at radius 1 is 1.17 bits per heavy atom. The summed E-state index contributed by atoms with van der Waals surface area (Å²) >= 11 is 0. The molecule has 9 nitrogen and oxygen atoms in total. The molecule has 0 radical (unpaired) electrons. The van der Waals surface area contributed by atoms with Crippen LogP contribution >= 0.6 is 0 Å². The minimum atomic E-state index is -3.12. The highest BCUT2D eigenvalue weighted by atomic mass is 32.2. The Bertz CT molecular complexity index is 1410. The molecular weight excluding hydrogens is 468 g/mol. The molecule has 0 unspecified atom stereocenters. The van der Waals surface area contributed by atoms with Crippen LogP contribution in [0, 0.1) is 6.92 Å². The molecule has 2 aliphatic rings. The zero-order valence-electron chi connectivity index (χ0n) is 20.0. The van der Waals surface area contributed by atoms with Gasteiger partial charge in [-0.25, -0.2) is 22.9 Å². The van der Waals surface area contributed by atoms with Gasteiger partial charge in [0.1, 0.15) is 0 Å². The summed E-state index contributed by atoms with van der Waals surface area (Å²) in [6.45, 7) is 3.33. The van der Waals surface area contributed by atoms with Crippen molar-refractivity contribution in [1.82, 2.24) is 14.8 Å². The topological polar surface area (TPSA) is 111 Å². The lowest BCUT2D eigenvalue weighted by molar-refractivity contribution is -0.126. The Morgan fingerprint density at radius 2 is 1.89 bits per heavy atom. The number of likely N-dealkylation sites (N-methyl/N-ethyl adjacent to an activating group) is 1. The van der Waals surface area contributed by atoms with E-state index in [1.807, 2.05) is 30.3 Å². The predicted octanol–water partition coefficient (Wildman–Crippen LogP) is 3.19. The summed E-state index contributed by atoms with van der Waals surface area (Å²) in [5, 5.41) is 5.13. The maximum atomic E-state index is 13.4. The fourth-order valence-corrected chi connectivity index (χ4v) is 6.32. The van der Waals surface area contributed by atoms with Crippen molar-refractivity contribution in [2.75, 3.05) is 23.5 Å². The van der Waals surface area contributed by atoms with Crippen LogP contribution in [0.15, 0.2) is 36.4 Å². The number of ether oxygens (including phenoxy) is 1. The van der Waals surface area contributed by atoms with Gasteiger partial charge in [0.25, 0.3) is 5.91 Å². The van der Waals surface area contributed by atoms with E-state index in [0.29, 0.717) is 34.4 Å². The number of aromatic nitrogens is 3. The number of pyridine rings is 1. The van der Waals surface area contributed by atoms with E-state index in [-0.39, 0.29) is 29.4 Å². The zero-order chi connectivity index (χ0) is 24.9. The van der Waals surface area contributed by atoms with E-state index in [1.54, 1.807) is 31.6 Å². The number of carbonyl (C=O) groups is 2. The van der Waals surface area contributed by atoms with Gasteiger partial charge in [-0.3, -0.25) is 4.79 Å². The summed E-state index contributed by atoms with van der Waals surface area (Å²) in [6, 6.07) is 10.6. The lowest BCUT2D eigenvalue weighted by Gasteiger charge is -2.21. The quantitative estimate of drug-likeness (QED) is 0.482. The van der Waals surface area contributed by atoms with Crippen LogP contribution in [0.3, 0.4) is 0 Å². The standard InChI is InChI=1S/C25H28N4O5S/c1-15-22-20(25(31)34-16(2)24(30)28(3)18-7-5-4-6-8-18)13-21(17-9-10-17)26-23(22)29(27-15)19-11-12-35(32,33)14-19/h4-8,13,16-17,19H,9-12,14H2,1-3H3/t16-,19+/m1/s1. The SMILES string of the molecule is Cc1nn([C@H]2CCS(=O)(=O)C2)c2nc(C3CC3)cc(C(=O)O[C@H](C)C(=O)N(C)c3ccccc3)c12. The molecule has 3 aromatic rings. The third-order valence-corrected chi connectivity index (χ3v) is 8.48. The van der Waals surface area contributed by atoms with E-state index in [4.69, 9.17) is 9.72 Å². The van der Waals surface area contributed by atoms with Gasteiger partial charge in [-0.1, -0.05) is 18.2 Å². The molecular formula is C25H28N4O5S. The molecule has 2 atom stereocenters. The van der Waals surface area contributed by atoms with Crippen LogP contribution in [-0.4, -0.2) is 59.7 Å². The maximum Gasteiger partial charge on any atom is 0.339 e. The summed E-state index contributed by atoms with van der Waals surface area (Å²) in [5.41, 5.74) is 2.86. The number of hydrogen-bond acceptors (Lipinski definition) is 7. The highest BCUT2D eigenvalue weighted by Crippen LogP contribution is 2.41. The number of anilines is 1. The molecule has 10 heteroatoms. The van der Waals surface area contributed by atoms with Crippen LogP contribution in [0.1, 0.15) is 59.9 Å². The number of hydrogen-bond donors (Lipinski definition) is 0. The van der Waals surface area contributed by atoms with Crippen molar-refractivity contribution in [3.63, 3.8) is 0 Å². The maximum absolute atomic E-state index is 13.4. The first-order valence-electron chi connectivity index (χ1n) is 11.8. The van der Waals surface area contributed by atoms with Crippen molar-refractivity contribution in [1.29, 1.82) is 0 Å². The molecule has 184 valence electrons. The monoisotopic (exact) mass is 496 g/mol. The van der Waals surface area contributed by atoms with Crippen molar-refractivity contribution in [3.05, 3.63) is 53.3 Å². The van der Waals surface area contributed by atoms with Gasteiger partial charge in [0.05, 0.1) is 34.2 Å². The number of nitrogens with zero attached hydrogens (tertiary/aromatic N) is 4. The molecule has 0 spiro atoms. The van der Waals surface area contributed by atoms with E-state index in [2.05, 4.69) is 5.10 Å². The minimum absolute atomic E-state index is 0.00962. The average Bonchev–Trinajstić information content (AvgIpc) is 3.56. The molecule has 1 aliphatic heterocycles. The van der Waals surface area contributed by atoms with Crippen molar-refractivity contribution >= 4 is 38.4 Å². The molecule has 35 heavy (non-hydrogen) atoms. The second kappa shape index (κ2) is 8.75. The first-order valence-corrected chi connectivity index (χ1v) is 13.6. The van der Waals surface area contributed by atoms with Gasteiger partial charge >= 0.3 is 5.97 Å². The van der Waals surface area contributed by atoms with Crippen LogP contribution in [0.25, 0.3) is 11.0 Å². The lowest BCUT2D eigenvalue weighted by Crippen LogP contribution is -2.37. The van der Waals surface area contributed by atoms with Gasteiger partial charge in [-0.2, -0.15) is 5.10 Å². The summed E-state index contributed by atoms with van der Waals surface area (Å²) in [6.07, 6.45) is 1.42. The molecule has 1 saturated carbocycles. The van der Waals surface area contributed by atoms with E-state index in [9.17, 15) is 18.0 Å². The minimum Gasteiger partial charge on any atom is -0.449 e. The number of amides is 1. The Hall–Kier alpha value is -3.27. The highest BCUT2D eigenvalue weighted by molar-refractivity contribution is 7.91. The van der Waals surface area contributed by atoms with Crippen LogP contribution in [0.2, 0.25) is 0 Å². The number of rotatable bonds is 6. The van der Waals surface area contributed by atoms with Crippen molar-refractivity contribution in [3.8, 4) is 0 Å². The first-order chi connectivity index (χ1) is 16.6. The number of benzene rings is 1. The lowest BCUT2D eigenvalue weighted by atomic mass is 10.1. The van der Waals surface area contributed by atoms with Gasteiger partial charge in [0.2, 0.25) is 0 Å². The fourth-order valence-electron chi connectivity index (χ4n) is 4.63. The highest BCUT2D eigenvalue weighted by Gasteiger charge is 2.34. The van der Waals surface area contributed by atoms with Gasteiger partial charge < -0.3 is 9.64 Å². The van der Waals surface area contributed by atoms with Crippen molar-refractivity contribution in [2.45, 2.75) is 51.2 Å². The Morgan fingerprint density at radius 3 is 2.51 bits per heavy atom. The number of sulfone groups is 1. The smallest absolute Gasteiger partial charge is 0.339 e. The van der Waals surface area contributed by atoms with E-state index < -0.39 is 21.9 Å². The number of esters is 1. The van der Waals surface area contributed by atoms with Crippen LogP contribution < -0.4 is 4.90 Å². The number of para-hydroxylation sites is 1. The molecule has 2 fully saturated rings. The van der Waals surface area contributed by atoms with E-state index in [1.165, 1.54) is 4.90 Å². The molecule has 1 saturated heterocycles. The van der Waals surface area contributed by atoms with Gasteiger partial charge in [0, 0.05) is 24.3 Å². The number of fused-ring (bicyclic) bond motifs is 1. The largest absolute Gasteiger partial charge is 0.449 e. The molecule has 1 amide bonds. The second-order valence-corrected chi connectivity index (χ2v) is 11.7. The van der Waals surface area contributed by atoms with E-state index in [0.717, 1.165) is 18.5 Å². The Balaban J connectivity index is 1.47. The van der Waals surface area contributed by atoms with Gasteiger partial charge in [-0.15, -0.1) is 0 Å². The average molecular weight is 497 g/mol.